The molecule has 0 aromatic heterocycles. The molecule has 94 valence electrons. The molecule has 3 atom stereocenters. The maximum Gasteiger partial charge on any atom is 0.234 e. The number of carboxylic acid groups (broad SMARTS) is 1. The van der Waals surface area contributed by atoms with Crippen molar-refractivity contribution in [3.8, 4) is 5.75 Å². The summed E-state index contributed by atoms with van der Waals surface area (Å²) in [6, 6.07) is 7.25. The van der Waals surface area contributed by atoms with Gasteiger partial charge in [-0.15, -0.1) is 0 Å². The molecule has 1 amide bonds. The molecule has 5 heteroatoms. The number of rotatable bonds is 1. The highest BCUT2D eigenvalue weighted by Gasteiger charge is 2.46. The zero-order valence-electron chi connectivity index (χ0n) is 9.83. The van der Waals surface area contributed by atoms with Gasteiger partial charge in [0.15, 0.2) is 6.23 Å². The number of carbonyl (C=O) groups excluding carboxylic acids is 2. The van der Waals surface area contributed by atoms with E-state index in [4.69, 9.17) is 4.74 Å². The highest BCUT2D eigenvalue weighted by molar-refractivity contribution is 5.98. The molecular formula is C13H12NO4-. The number of ether oxygens (including phenoxy) is 1. The minimum Gasteiger partial charge on any atom is -0.549 e. The van der Waals surface area contributed by atoms with E-state index in [0.29, 0.717) is 12.2 Å². The van der Waals surface area contributed by atoms with Gasteiger partial charge in [-0.25, -0.2) is 0 Å². The Balaban J connectivity index is 2.12. The molecule has 2 bridgehead atoms. The SMILES string of the molecule is CN1C(=O)[C@@H](C(=O)[O-])[C@@H]2C[C@H]1Oc1ccccc12. The maximum atomic E-state index is 12.0. The van der Waals surface area contributed by atoms with Crippen LogP contribution in [0.5, 0.6) is 5.75 Å². The zero-order chi connectivity index (χ0) is 12.9. The minimum absolute atomic E-state index is 0.353. The molecule has 5 nitrogen and oxygen atoms in total. The second-order valence-corrected chi connectivity index (χ2v) is 4.70. The van der Waals surface area contributed by atoms with E-state index in [2.05, 4.69) is 0 Å². The smallest absolute Gasteiger partial charge is 0.234 e. The first-order valence-corrected chi connectivity index (χ1v) is 5.82. The average Bonchev–Trinajstić information content (AvgIpc) is 2.36. The number of likely N-dealkylation sites (tertiary alicyclic amines) is 1. The van der Waals surface area contributed by atoms with Gasteiger partial charge in [-0.2, -0.15) is 0 Å². The third kappa shape index (κ3) is 1.40. The summed E-state index contributed by atoms with van der Waals surface area (Å²) in [5.41, 5.74) is 0.782. The summed E-state index contributed by atoms with van der Waals surface area (Å²) in [5, 5.41) is 11.2. The number of aliphatic carboxylic acids is 1. The Labute approximate surface area is 104 Å². The summed E-state index contributed by atoms with van der Waals surface area (Å²) < 4.78 is 5.71. The third-order valence-electron chi connectivity index (χ3n) is 3.74. The summed E-state index contributed by atoms with van der Waals surface area (Å²) >= 11 is 0. The average molecular weight is 246 g/mol. The van der Waals surface area contributed by atoms with Crippen LogP contribution in [-0.4, -0.2) is 30.1 Å². The molecule has 0 N–H and O–H groups in total. The highest BCUT2D eigenvalue weighted by Crippen LogP contribution is 2.44. The van der Waals surface area contributed by atoms with Gasteiger partial charge in [0.2, 0.25) is 5.91 Å². The highest BCUT2D eigenvalue weighted by atomic mass is 16.5. The number of piperidine rings is 1. The molecule has 18 heavy (non-hydrogen) atoms. The van der Waals surface area contributed by atoms with Crippen LogP contribution in [-0.2, 0) is 9.59 Å². The second-order valence-electron chi connectivity index (χ2n) is 4.70. The Morgan fingerprint density at radius 2 is 2.17 bits per heavy atom. The molecule has 2 aliphatic heterocycles. The van der Waals surface area contributed by atoms with Crippen LogP contribution in [0.3, 0.4) is 0 Å². The second kappa shape index (κ2) is 3.73. The number of carbonyl (C=O) groups is 2. The Morgan fingerprint density at radius 1 is 1.44 bits per heavy atom. The molecule has 3 rings (SSSR count). The number of fused-ring (bicyclic) bond motifs is 4. The maximum absolute atomic E-state index is 12.0. The van der Waals surface area contributed by atoms with Crippen LogP contribution in [0, 0.1) is 5.92 Å². The van der Waals surface area contributed by atoms with E-state index in [-0.39, 0.29) is 12.1 Å². The predicted octanol–water partition coefficient (Wildman–Crippen LogP) is -0.283. The molecule has 0 aliphatic carbocycles. The van der Waals surface area contributed by atoms with E-state index in [1.165, 1.54) is 4.90 Å². The van der Waals surface area contributed by atoms with Crippen LogP contribution < -0.4 is 9.84 Å². The first kappa shape index (κ1) is 11.1. The van der Waals surface area contributed by atoms with Gasteiger partial charge in [0.1, 0.15) is 5.75 Å². The first-order valence-electron chi connectivity index (χ1n) is 5.82. The molecule has 0 spiro atoms. The topological polar surface area (TPSA) is 69.7 Å². The Bertz CT molecular complexity index is 527. The molecule has 0 saturated carbocycles. The number of hydrogen-bond donors (Lipinski definition) is 0. The molecule has 0 unspecified atom stereocenters. The Hall–Kier alpha value is -2.04. The van der Waals surface area contributed by atoms with Crippen molar-refractivity contribution in [1.29, 1.82) is 0 Å². The lowest BCUT2D eigenvalue weighted by Crippen LogP contribution is -2.57. The summed E-state index contributed by atoms with van der Waals surface area (Å²) in [6.07, 6.45) is 0.116. The van der Waals surface area contributed by atoms with E-state index >= 15 is 0 Å². The molecule has 1 saturated heterocycles. The number of carboxylic acids is 1. The summed E-state index contributed by atoms with van der Waals surface area (Å²) in [4.78, 5) is 24.6. The van der Waals surface area contributed by atoms with E-state index in [1.807, 2.05) is 18.2 Å². The molecule has 1 aromatic rings. The van der Waals surface area contributed by atoms with Gasteiger partial charge in [0.25, 0.3) is 0 Å². The first-order chi connectivity index (χ1) is 8.59. The van der Waals surface area contributed by atoms with Crippen molar-refractivity contribution in [3.63, 3.8) is 0 Å². The molecular weight excluding hydrogens is 234 g/mol. The van der Waals surface area contributed by atoms with Gasteiger partial charge in [-0.3, -0.25) is 4.79 Å². The summed E-state index contributed by atoms with van der Waals surface area (Å²) in [6.45, 7) is 0. The van der Waals surface area contributed by atoms with Crippen LogP contribution in [0.2, 0.25) is 0 Å². The van der Waals surface area contributed by atoms with Crippen molar-refractivity contribution < 1.29 is 19.4 Å². The molecule has 2 aliphatic rings. The minimum atomic E-state index is -1.31. The number of nitrogens with zero attached hydrogens (tertiary/aromatic N) is 1. The van der Waals surface area contributed by atoms with Crippen LogP contribution in [0.1, 0.15) is 17.9 Å². The lowest BCUT2D eigenvalue weighted by Gasteiger charge is -2.45. The zero-order valence-corrected chi connectivity index (χ0v) is 9.83. The fraction of sp³-hybridized carbons (Fsp3) is 0.385. The molecule has 0 radical (unpaired) electrons. The van der Waals surface area contributed by atoms with Crippen LogP contribution in [0.4, 0.5) is 0 Å². The third-order valence-corrected chi connectivity index (χ3v) is 3.74. The van der Waals surface area contributed by atoms with Gasteiger partial charge in [0, 0.05) is 19.4 Å². The van der Waals surface area contributed by atoms with Crippen molar-refractivity contribution in [3.05, 3.63) is 29.8 Å². The summed E-state index contributed by atoms with van der Waals surface area (Å²) in [5.74, 6) is -2.56. The van der Waals surface area contributed by atoms with Crippen molar-refractivity contribution in [1.82, 2.24) is 4.90 Å². The van der Waals surface area contributed by atoms with Crippen molar-refractivity contribution in [2.24, 2.45) is 5.92 Å². The van der Waals surface area contributed by atoms with Crippen molar-refractivity contribution in [2.45, 2.75) is 18.6 Å². The monoisotopic (exact) mass is 246 g/mol. The fourth-order valence-electron chi connectivity index (χ4n) is 2.78. The van der Waals surface area contributed by atoms with Gasteiger partial charge < -0.3 is 19.5 Å². The Kier molecular flexibility index (Phi) is 2.29. The summed E-state index contributed by atoms with van der Waals surface area (Å²) in [7, 11) is 1.56. The van der Waals surface area contributed by atoms with Crippen molar-refractivity contribution >= 4 is 11.9 Å². The van der Waals surface area contributed by atoms with Crippen LogP contribution in [0.25, 0.3) is 0 Å². The fourth-order valence-corrected chi connectivity index (χ4v) is 2.78. The van der Waals surface area contributed by atoms with Crippen molar-refractivity contribution in [2.75, 3.05) is 7.05 Å². The largest absolute Gasteiger partial charge is 0.549 e. The normalized spacial score (nSPS) is 29.5. The number of para-hydroxylation sites is 1. The number of benzene rings is 1. The van der Waals surface area contributed by atoms with Gasteiger partial charge in [-0.05, 0) is 11.6 Å². The molecule has 1 fully saturated rings. The van der Waals surface area contributed by atoms with Gasteiger partial charge in [-0.1, -0.05) is 18.2 Å². The predicted molar refractivity (Wildman–Crippen MR) is 59.5 cm³/mol. The lowest BCUT2D eigenvalue weighted by molar-refractivity contribution is -0.312. The Morgan fingerprint density at radius 3 is 2.89 bits per heavy atom. The van der Waals surface area contributed by atoms with Crippen LogP contribution in [0.15, 0.2) is 24.3 Å². The molecule has 1 aromatic carbocycles. The van der Waals surface area contributed by atoms with Crippen LogP contribution >= 0.6 is 0 Å². The van der Waals surface area contributed by atoms with E-state index in [0.717, 1.165) is 5.56 Å². The number of hydrogen-bond acceptors (Lipinski definition) is 4. The standard InChI is InChI=1S/C13H13NO4/c1-14-10-6-8(11(12(14)15)13(16)17)7-4-2-3-5-9(7)18-10/h2-5,8,10-11H,6H2,1H3,(H,16,17)/p-1/t8-,10-,11+/m1/s1. The van der Waals surface area contributed by atoms with E-state index < -0.39 is 17.8 Å². The van der Waals surface area contributed by atoms with Gasteiger partial charge >= 0.3 is 0 Å². The lowest BCUT2D eigenvalue weighted by atomic mass is 9.77. The number of amides is 1. The quantitative estimate of drug-likeness (QED) is 0.639. The molecule has 2 heterocycles. The van der Waals surface area contributed by atoms with Gasteiger partial charge in [0.05, 0.1) is 11.9 Å². The van der Waals surface area contributed by atoms with E-state index in [1.54, 1.807) is 13.1 Å². The van der Waals surface area contributed by atoms with E-state index in [9.17, 15) is 14.7 Å².